The Hall–Kier alpha value is -2.17. The highest BCUT2D eigenvalue weighted by molar-refractivity contribution is 5.86. The molecule has 2 aromatic rings. The zero-order chi connectivity index (χ0) is 15.2. The van der Waals surface area contributed by atoms with Crippen LogP contribution in [0.1, 0.15) is 48.2 Å². The largest absolute Gasteiger partial charge is 0.461 e. The van der Waals surface area contributed by atoms with Gasteiger partial charge in [0, 0.05) is 0 Å². The quantitative estimate of drug-likeness (QED) is 0.796. The van der Waals surface area contributed by atoms with Crippen molar-refractivity contribution >= 4 is 5.97 Å². The van der Waals surface area contributed by atoms with E-state index in [1.54, 1.807) is 10.9 Å². The molecule has 1 aromatic heterocycles. The number of hydrogen-bond acceptors (Lipinski definition) is 4. The van der Waals surface area contributed by atoms with Crippen molar-refractivity contribution in [2.45, 2.75) is 38.6 Å². The van der Waals surface area contributed by atoms with Crippen LogP contribution in [0.5, 0.6) is 0 Å². The van der Waals surface area contributed by atoms with E-state index in [9.17, 15) is 4.79 Å². The summed E-state index contributed by atoms with van der Waals surface area (Å²) in [5.74, 6) is 0.141. The minimum absolute atomic E-state index is 0.284. The van der Waals surface area contributed by atoms with Crippen LogP contribution in [-0.4, -0.2) is 27.6 Å². The van der Waals surface area contributed by atoms with E-state index in [0.29, 0.717) is 19.1 Å². The number of esters is 1. The standard InChI is InChI=1S/C17H21N3O2/c21-17(22-13-15-9-5-2-6-10-15)16-12-20(19-18-16)11-14-7-3-1-4-8-14/h1,3-4,7-8,12,15H,2,5-6,9-11,13H2. The monoisotopic (exact) mass is 299 g/mol. The lowest BCUT2D eigenvalue weighted by Crippen LogP contribution is -2.17. The summed E-state index contributed by atoms with van der Waals surface area (Å²) in [5.41, 5.74) is 1.40. The first-order valence-electron chi connectivity index (χ1n) is 7.92. The van der Waals surface area contributed by atoms with Crippen molar-refractivity contribution in [1.82, 2.24) is 15.0 Å². The van der Waals surface area contributed by atoms with E-state index in [-0.39, 0.29) is 11.7 Å². The van der Waals surface area contributed by atoms with Crippen molar-refractivity contribution in [3.05, 3.63) is 47.8 Å². The molecular weight excluding hydrogens is 278 g/mol. The molecule has 1 fully saturated rings. The van der Waals surface area contributed by atoms with Crippen molar-refractivity contribution in [1.29, 1.82) is 0 Å². The fourth-order valence-corrected chi connectivity index (χ4v) is 2.86. The molecule has 0 amide bonds. The van der Waals surface area contributed by atoms with Crippen LogP contribution in [0.3, 0.4) is 0 Å². The minimum Gasteiger partial charge on any atom is -0.461 e. The van der Waals surface area contributed by atoms with Crippen molar-refractivity contribution in [3.8, 4) is 0 Å². The normalized spacial score (nSPS) is 15.6. The Bertz CT molecular complexity index is 603. The molecule has 1 saturated carbocycles. The molecule has 3 rings (SSSR count). The van der Waals surface area contributed by atoms with Gasteiger partial charge in [-0.3, -0.25) is 0 Å². The zero-order valence-corrected chi connectivity index (χ0v) is 12.6. The highest BCUT2D eigenvalue weighted by atomic mass is 16.5. The number of carbonyl (C=O) groups is 1. The molecule has 0 saturated heterocycles. The first-order valence-corrected chi connectivity index (χ1v) is 7.92. The molecule has 0 N–H and O–H groups in total. The van der Waals surface area contributed by atoms with Crippen LogP contribution in [0.25, 0.3) is 0 Å². The summed E-state index contributed by atoms with van der Waals surface area (Å²) in [6.07, 6.45) is 7.77. The molecule has 0 unspecified atom stereocenters. The second-order valence-electron chi connectivity index (χ2n) is 5.89. The van der Waals surface area contributed by atoms with Crippen LogP contribution in [0.15, 0.2) is 36.5 Å². The topological polar surface area (TPSA) is 57.0 Å². The van der Waals surface area contributed by atoms with Gasteiger partial charge in [0.25, 0.3) is 0 Å². The Morgan fingerprint density at radius 1 is 1.18 bits per heavy atom. The number of hydrogen-bond donors (Lipinski definition) is 0. The maximum absolute atomic E-state index is 12.0. The van der Waals surface area contributed by atoms with Crippen LogP contribution >= 0.6 is 0 Å². The first-order chi connectivity index (χ1) is 10.8. The van der Waals surface area contributed by atoms with Gasteiger partial charge in [-0.25, -0.2) is 9.48 Å². The van der Waals surface area contributed by atoms with E-state index in [2.05, 4.69) is 10.3 Å². The number of benzene rings is 1. The molecule has 0 atom stereocenters. The van der Waals surface area contributed by atoms with E-state index in [1.165, 1.54) is 19.3 Å². The van der Waals surface area contributed by atoms with Gasteiger partial charge < -0.3 is 4.74 Å². The third-order valence-electron chi connectivity index (χ3n) is 4.11. The van der Waals surface area contributed by atoms with E-state index < -0.39 is 0 Å². The van der Waals surface area contributed by atoms with Crippen LogP contribution in [0.4, 0.5) is 0 Å². The summed E-state index contributed by atoms with van der Waals surface area (Å²) in [5, 5.41) is 7.91. The van der Waals surface area contributed by atoms with Gasteiger partial charge in [-0.15, -0.1) is 5.10 Å². The predicted octanol–water partition coefficient (Wildman–Crippen LogP) is 3.06. The maximum Gasteiger partial charge on any atom is 0.360 e. The van der Waals surface area contributed by atoms with Crippen LogP contribution in [0.2, 0.25) is 0 Å². The number of rotatable bonds is 5. The second kappa shape index (κ2) is 7.20. The molecule has 0 radical (unpaired) electrons. The molecular formula is C17H21N3O2. The van der Waals surface area contributed by atoms with Gasteiger partial charge >= 0.3 is 5.97 Å². The Balaban J connectivity index is 1.52. The summed E-state index contributed by atoms with van der Waals surface area (Å²) in [6, 6.07) is 9.96. The van der Waals surface area contributed by atoms with Gasteiger partial charge in [0.05, 0.1) is 19.3 Å². The van der Waals surface area contributed by atoms with Crippen LogP contribution in [0, 0.1) is 5.92 Å². The smallest absolute Gasteiger partial charge is 0.360 e. The van der Waals surface area contributed by atoms with Crippen LogP contribution < -0.4 is 0 Å². The fraction of sp³-hybridized carbons (Fsp3) is 0.471. The highest BCUT2D eigenvalue weighted by Crippen LogP contribution is 2.23. The van der Waals surface area contributed by atoms with Gasteiger partial charge in [-0.1, -0.05) is 54.8 Å². The third kappa shape index (κ3) is 3.93. The zero-order valence-electron chi connectivity index (χ0n) is 12.6. The van der Waals surface area contributed by atoms with Gasteiger partial charge in [0.2, 0.25) is 0 Å². The molecule has 1 aliphatic rings. The molecule has 1 aliphatic carbocycles. The average Bonchev–Trinajstić information content (AvgIpc) is 3.03. The Morgan fingerprint density at radius 3 is 2.73 bits per heavy atom. The number of ether oxygens (including phenoxy) is 1. The molecule has 116 valence electrons. The summed E-state index contributed by atoms with van der Waals surface area (Å²) in [7, 11) is 0. The molecule has 1 heterocycles. The number of carbonyl (C=O) groups excluding carboxylic acids is 1. The lowest BCUT2D eigenvalue weighted by Gasteiger charge is -2.20. The summed E-state index contributed by atoms with van der Waals surface area (Å²) < 4.78 is 7.04. The molecule has 1 aromatic carbocycles. The highest BCUT2D eigenvalue weighted by Gasteiger charge is 2.18. The number of nitrogens with zero attached hydrogens (tertiary/aromatic N) is 3. The molecule has 22 heavy (non-hydrogen) atoms. The maximum atomic E-state index is 12.0. The van der Waals surface area contributed by atoms with Gasteiger partial charge in [-0.05, 0) is 24.3 Å². The lowest BCUT2D eigenvalue weighted by atomic mass is 9.90. The molecule has 0 bridgehead atoms. The van der Waals surface area contributed by atoms with Crippen molar-refractivity contribution in [2.24, 2.45) is 5.92 Å². The van der Waals surface area contributed by atoms with E-state index in [1.807, 2.05) is 30.3 Å². The van der Waals surface area contributed by atoms with Crippen molar-refractivity contribution < 1.29 is 9.53 Å². The predicted molar refractivity (Wildman–Crippen MR) is 82.4 cm³/mol. The summed E-state index contributed by atoms with van der Waals surface area (Å²) in [4.78, 5) is 12.0. The van der Waals surface area contributed by atoms with Gasteiger partial charge in [0.1, 0.15) is 0 Å². The lowest BCUT2D eigenvalue weighted by molar-refractivity contribution is 0.0403. The van der Waals surface area contributed by atoms with Crippen molar-refractivity contribution in [3.63, 3.8) is 0 Å². The number of aromatic nitrogens is 3. The molecule has 5 heteroatoms. The molecule has 5 nitrogen and oxygen atoms in total. The summed E-state index contributed by atoms with van der Waals surface area (Å²) >= 11 is 0. The molecule has 0 spiro atoms. The van der Waals surface area contributed by atoms with E-state index >= 15 is 0 Å². The average molecular weight is 299 g/mol. The second-order valence-corrected chi connectivity index (χ2v) is 5.89. The van der Waals surface area contributed by atoms with Crippen molar-refractivity contribution in [2.75, 3.05) is 6.61 Å². The fourth-order valence-electron chi connectivity index (χ4n) is 2.86. The SMILES string of the molecule is O=C(OCC1CCCCC1)c1cn(Cc2ccccc2)nn1. The molecule has 0 aliphatic heterocycles. The Morgan fingerprint density at radius 2 is 1.95 bits per heavy atom. The van der Waals surface area contributed by atoms with E-state index in [4.69, 9.17) is 4.74 Å². The van der Waals surface area contributed by atoms with Crippen LogP contribution in [-0.2, 0) is 11.3 Å². The van der Waals surface area contributed by atoms with Gasteiger partial charge in [-0.2, -0.15) is 0 Å². The first kappa shape index (κ1) is 14.8. The minimum atomic E-state index is -0.370. The summed E-state index contributed by atoms with van der Waals surface area (Å²) in [6.45, 7) is 1.11. The Kier molecular flexibility index (Phi) is 4.83. The Labute approximate surface area is 130 Å². The van der Waals surface area contributed by atoms with E-state index in [0.717, 1.165) is 18.4 Å². The van der Waals surface area contributed by atoms with Gasteiger partial charge in [0.15, 0.2) is 5.69 Å². The third-order valence-corrected chi connectivity index (χ3v) is 4.11.